The molecule has 0 aliphatic carbocycles. The zero-order valence-electron chi connectivity index (χ0n) is 16.9. The van der Waals surface area contributed by atoms with Crippen LogP contribution in [-0.4, -0.2) is 35.7 Å². The quantitative estimate of drug-likeness (QED) is 0.656. The number of nitrogens with one attached hydrogen (secondary N) is 2. The van der Waals surface area contributed by atoms with Gasteiger partial charge in [0.2, 0.25) is 5.91 Å². The van der Waals surface area contributed by atoms with Crippen molar-refractivity contribution in [3.8, 4) is 0 Å². The molecule has 3 amide bonds. The third kappa shape index (κ3) is 5.01. The van der Waals surface area contributed by atoms with Crippen LogP contribution >= 0.6 is 0 Å². The molecule has 0 unspecified atom stereocenters. The van der Waals surface area contributed by atoms with Crippen LogP contribution in [0.15, 0.2) is 77.6 Å². The Balaban J connectivity index is 1.31. The third-order valence-electron chi connectivity index (χ3n) is 5.35. The molecule has 2 N–H and O–H groups in total. The molecule has 1 aliphatic rings. The first-order valence-electron chi connectivity index (χ1n) is 10.2. The van der Waals surface area contributed by atoms with E-state index in [1.54, 1.807) is 59.5 Å². The van der Waals surface area contributed by atoms with E-state index in [1.807, 2.05) is 6.07 Å². The Morgan fingerprint density at radius 2 is 1.55 bits per heavy atom. The van der Waals surface area contributed by atoms with Crippen molar-refractivity contribution in [2.75, 3.05) is 23.7 Å². The zero-order valence-corrected chi connectivity index (χ0v) is 16.9. The summed E-state index contributed by atoms with van der Waals surface area (Å²) in [6.45, 7) is 1.05. The Labute approximate surface area is 180 Å². The standard InChI is InChI=1S/C24H23N3O4/c28-22(17-5-2-1-3-6-17)25-20-7-4-8-21(15-20)26-23(29)18-9-12-27(13-10-18)24(30)19-11-14-31-16-19/h1-8,11,14-16,18H,9-10,12-13H2,(H,25,28)(H,26,29). The van der Waals surface area contributed by atoms with Crippen LogP contribution in [0.3, 0.4) is 0 Å². The summed E-state index contributed by atoms with van der Waals surface area (Å²) in [7, 11) is 0. The lowest BCUT2D eigenvalue weighted by Gasteiger charge is -2.31. The number of piperidine rings is 1. The fraction of sp³-hybridized carbons (Fsp3) is 0.208. The predicted molar refractivity (Wildman–Crippen MR) is 117 cm³/mol. The number of carbonyl (C=O) groups excluding carboxylic acids is 3. The summed E-state index contributed by atoms with van der Waals surface area (Å²) < 4.78 is 4.97. The number of likely N-dealkylation sites (tertiary alicyclic amines) is 1. The number of anilines is 2. The minimum Gasteiger partial charge on any atom is -0.472 e. The highest BCUT2D eigenvalue weighted by Crippen LogP contribution is 2.22. The number of hydrogen-bond acceptors (Lipinski definition) is 4. The highest BCUT2D eigenvalue weighted by atomic mass is 16.3. The van der Waals surface area contributed by atoms with E-state index >= 15 is 0 Å². The number of carbonyl (C=O) groups is 3. The van der Waals surface area contributed by atoms with Gasteiger partial charge in [-0.2, -0.15) is 0 Å². The second-order valence-electron chi connectivity index (χ2n) is 7.47. The average Bonchev–Trinajstić information content (AvgIpc) is 3.34. The molecular weight excluding hydrogens is 394 g/mol. The molecule has 7 heteroatoms. The van der Waals surface area contributed by atoms with Crippen LogP contribution in [0.5, 0.6) is 0 Å². The van der Waals surface area contributed by atoms with Gasteiger partial charge in [0.25, 0.3) is 11.8 Å². The second-order valence-corrected chi connectivity index (χ2v) is 7.47. The molecule has 1 saturated heterocycles. The molecule has 0 radical (unpaired) electrons. The molecule has 2 heterocycles. The summed E-state index contributed by atoms with van der Waals surface area (Å²) in [6, 6.07) is 17.7. The van der Waals surface area contributed by atoms with E-state index in [1.165, 1.54) is 12.5 Å². The first-order valence-corrected chi connectivity index (χ1v) is 10.2. The minimum atomic E-state index is -0.210. The molecule has 1 aliphatic heterocycles. The zero-order chi connectivity index (χ0) is 21.6. The maximum absolute atomic E-state index is 12.7. The Kier molecular flexibility index (Phi) is 6.12. The summed E-state index contributed by atoms with van der Waals surface area (Å²) in [5, 5.41) is 5.77. The minimum absolute atomic E-state index is 0.0746. The van der Waals surface area contributed by atoms with Crippen molar-refractivity contribution in [3.63, 3.8) is 0 Å². The van der Waals surface area contributed by atoms with Crippen molar-refractivity contribution < 1.29 is 18.8 Å². The van der Waals surface area contributed by atoms with E-state index in [0.29, 0.717) is 48.4 Å². The summed E-state index contributed by atoms with van der Waals surface area (Å²) in [6.07, 6.45) is 4.11. The van der Waals surface area contributed by atoms with E-state index in [9.17, 15) is 14.4 Å². The molecule has 0 atom stereocenters. The highest BCUT2D eigenvalue weighted by molar-refractivity contribution is 6.04. The van der Waals surface area contributed by atoms with Gasteiger partial charge in [-0.15, -0.1) is 0 Å². The first kappa shape index (κ1) is 20.4. The molecule has 1 fully saturated rings. The van der Waals surface area contributed by atoms with Crippen LogP contribution in [0.1, 0.15) is 33.6 Å². The Bertz CT molecular complexity index is 1060. The third-order valence-corrected chi connectivity index (χ3v) is 5.35. The molecule has 4 rings (SSSR count). The average molecular weight is 417 g/mol. The first-order chi connectivity index (χ1) is 15.1. The van der Waals surface area contributed by atoms with E-state index in [4.69, 9.17) is 4.42 Å². The fourth-order valence-electron chi connectivity index (χ4n) is 3.63. The second kappa shape index (κ2) is 9.30. The lowest BCUT2D eigenvalue weighted by molar-refractivity contribution is -0.121. The SMILES string of the molecule is O=C(Nc1cccc(NC(=O)C2CCN(C(=O)c3ccoc3)CC2)c1)c1ccccc1. The summed E-state index contributed by atoms with van der Waals surface area (Å²) in [5.41, 5.74) is 2.31. The van der Waals surface area contributed by atoms with Crippen molar-refractivity contribution in [3.05, 3.63) is 84.3 Å². The number of furan rings is 1. The fourth-order valence-corrected chi connectivity index (χ4v) is 3.63. The van der Waals surface area contributed by atoms with Crippen molar-refractivity contribution in [2.45, 2.75) is 12.8 Å². The van der Waals surface area contributed by atoms with Crippen LogP contribution in [-0.2, 0) is 4.79 Å². The van der Waals surface area contributed by atoms with Crippen LogP contribution in [0.25, 0.3) is 0 Å². The molecule has 158 valence electrons. The molecule has 0 spiro atoms. The summed E-state index contributed by atoms with van der Waals surface area (Å²) in [4.78, 5) is 39.2. The van der Waals surface area contributed by atoms with Crippen LogP contribution < -0.4 is 10.6 Å². The van der Waals surface area contributed by atoms with Crippen molar-refractivity contribution in [1.82, 2.24) is 4.90 Å². The molecule has 7 nitrogen and oxygen atoms in total. The maximum Gasteiger partial charge on any atom is 0.257 e. The van der Waals surface area contributed by atoms with Crippen LogP contribution in [0.2, 0.25) is 0 Å². The molecule has 0 saturated carbocycles. The summed E-state index contributed by atoms with van der Waals surface area (Å²) in [5.74, 6) is -0.536. The molecule has 3 aromatic rings. The van der Waals surface area contributed by atoms with Gasteiger partial charge in [-0.1, -0.05) is 24.3 Å². The van der Waals surface area contributed by atoms with E-state index < -0.39 is 0 Å². The molecule has 2 aromatic carbocycles. The van der Waals surface area contributed by atoms with Crippen molar-refractivity contribution >= 4 is 29.1 Å². The topological polar surface area (TPSA) is 91.7 Å². The van der Waals surface area contributed by atoms with Gasteiger partial charge in [-0.05, 0) is 49.2 Å². The van der Waals surface area contributed by atoms with E-state index in [-0.39, 0.29) is 23.6 Å². The maximum atomic E-state index is 12.7. The summed E-state index contributed by atoms with van der Waals surface area (Å²) >= 11 is 0. The van der Waals surface area contributed by atoms with Crippen molar-refractivity contribution in [2.24, 2.45) is 5.92 Å². The van der Waals surface area contributed by atoms with Crippen LogP contribution in [0, 0.1) is 5.92 Å². The van der Waals surface area contributed by atoms with Crippen molar-refractivity contribution in [1.29, 1.82) is 0 Å². The molecule has 31 heavy (non-hydrogen) atoms. The highest BCUT2D eigenvalue weighted by Gasteiger charge is 2.28. The Morgan fingerprint density at radius 3 is 2.23 bits per heavy atom. The molecular formula is C24H23N3O4. The number of hydrogen-bond donors (Lipinski definition) is 2. The van der Waals surface area contributed by atoms with Gasteiger partial charge in [-0.3, -0.25) is 14.4 Å². The van der Waals surface area contributed by atoms with Gasteiger partial charge in [-0.25, -0.2) is 0 Å². The number of rotatable bonds is 5. The predicted octanol–water partition coefficient (Wildman–Crippen LogP) is 4.02. The number of amides is 3. The smallest absolute Gasteiger partial charge is 0.257 e. The van der Waals surface area contributed by atoms with Gasteiger partial charge >= 0.3 is 0 Å². The lowest BCUT2D eigenvalue weighted by atomic mass is 9.95. The molecule has 1 aromatic heterocycles. The molecule has 0 bridgehead atoms. The largest absolute Gasteiger partial charge is 0.472 e. The van der Waals surface area contributed by atoms with Gasteiger partial charge in [0, 0.05) is 35.9 Å². The lowest BCUT2D eigenvalue weighted by Crippen LogP contribution is -2.41. The van der Waals surface area contributed by atoms with E-state index in [2.05, 4.69) is 10.6 Å². The van der Waals surface area contributed by atoms with Crippen LogP contribution in [0.4, 0.5) is 11.4 Å². The Hall–Kier alpha value is -3.87. The van der Waals surface area contributed by atoms with E-state index in [0.717, 1.165) is 0 Å². The van der Waals surface area contributed by atoms with Gasteiger partial charge in [0.15, 0.2) is 0 Å². The number of nitrogens with zero attached hydrogens (tertiary/aromatic N) is 1. The van der Waals surface area contributed by atoms with Gasteiger partial charge in [0.05, 0.1) is 11.8 Å². The monoisotopic (exact) mass is 417 g/mol. The Morgan fingerprint density at radius 1 is 0.839 bits per heavy atom. The van der Waals surface area contributed by atoms with Gasteiger partial charge in [0.1, 0.15) is 6.26 Å². The number of benzene rings is 2. The normalized spacial score (nSPS) is 14.1. The van der Waals surface area contributed by atoms with Gasteiger partial charge < -0.3 is 20.0 Å².